The van der Waals surface area contributed by atoms with Crippen LogP contribution in [-0.2, 0) is 14.3 Å². The van der Waals surface area contributed by atoms with Gasteiger partial charge in [0.1, 0.15) is 12.7 Å². The zero-order chi connectivity index (χ0) is 13.5. The minimum atomic E-state index is -0.427. The standard InChI is InChI=1S/C15H18O3/c1-3-12-17-14-10-8-6-5-7-9-11-15(16)18-13-4-2/h2,5,7,9,11H,6,8,10,13-14H2,1H3. The van der Waals surface area contributed by atoms with Crippen molar-refractivity contribution >= 4 is 5.97 Å². The van der Waals surface area contributed by atoms with Gasteiger partial charge in [0.2, 0.25) is 0 Å². The number of allylic oxidation sites excluding steroid dienone is 3. The molecule has 0 spiro atoms. The van der Waals surface area contributed by atoms with Crippen molar-refractivity contribution in [1.82, 2.24) is 0 Å². The monoisotopic (exact) mass is 246 g/mol. The number of carbonyl (C=O) groups excluding carboxylic acids is 1. The largest absolute Gasteiger partial charge is 0.449 e. The molecule has 0 aliphatic carbocycles. The van der Waals surface area contributed by atoms with Gasteiger partial charge >= 0.3 is 5.97 Å². The lowest BCUT2D eigenvalue weighted by Crippen LogP contribution is -1.99. The summed E-state index contributed by atoms with van der Waals surface area (Å²) >= 11 is 0. The van der Waals surface area contributed by atoms with Crippen LogP contribution in [0.2, 0.25) is 0 Å². The van der Waals surface area contributed by atoms with Gasteiger partial charge in [-0.25, -0.2) is 4.79 Å². The molecule has 0 radical (unpaired) electrons. The third kappa shape index (κ3) is 11.9. The molecular weight excluding hydrogens is 228 g/mol. The fraction of sp³-hybridized carbons (Fsp3) is 0.400. The Kier molecular flexibility index (Phi) is 11.4. The summed E-state index contributed by atoms with van der Waals surface area (Å²) in [6.45, 7) is 2.40. The van der Waals surface area contributed by atoms with Gasteiger partial charge in [-0.05, 0) is 19.3 Å². The molecule has 0 saturated heterocycles. The highest BCUT2D eigenvalue weighted by molar-refractivity contribution is 5.82. The van der Waals surface area contributed by atoms with Crippen molar-refractivity contribution in [1.29, 1.82) is 0 Å². The molecule has 96 valence electrons. The second-order valence-electron chi connectivity index (χ2n) is 3.30. The van der Waals surface area contributed by atoms with Crippen LogP contribution in [0.15, 0.2) is 24.3 Å². The van der Waals surface area contributed by atoms with Crippen molar-refractivity contribution in [3.05, 3.63) is 24.3 Å². The zero-order valence-electron chi connectivity index (χ0n) is 10.6. The minimum absolute atomic E-state index is 0.00748. The highest BCUT2D eigenvalue weighted by atomic mass is 16.5. The van der Waals surface area contributed by atoms with Crippen molar-refractivity contribution < 1.29 is 14.3 Å². The van der Waals surface area contributed by atoms with Crippen molar-refractivity contribution in [2.24, 2.45) is 0 Å². The van der Waals surface area contributed by atoms with Crippen LogP contribution in [0.25, 0.3) is 0 Å². The van der Waals surface area contributed by atoms with E-state index in [1.165, 1.54) is 6.08 Å². The lowest BCUT2D eigenvalue weighted by atomic mass is 10.2. The number of rotatable bonds is 8. The summed E-state index contributed by atoms with van der Waals surface area (Å²) in [5, 5.41) is 0. The van der Waals surface area contributed by atoms with Gasteiger partial charge < -0.3 is 9.47 Å². The molecule has 3 nitrogen and oxygen atoms in total. The highest BCUT2D eigenvalue weighted by Gasteiger charge is 1.91. The number of hydrogen-bond acceptors (Lipinski definition) is 3. The van der Waals surface area contributed by atoms with Crippen LogP contribution in [-0.4, -0.2) is 19.2 Å². The molecule has 0 aliphatic heterocycles. The lowest BCUT2D eigenvalue weighted by Gasteiger charge is -1.95. The number of ether oxygens (including phenoxy) is 2. The lowest BCUT2D eigenvalue weighted by molar-refractivity contribution is -0.136. The Bertz CT molecular complexity index is 375. The maximum atomic E-state index is 11.0. The fourth-order valence-electron chi connectivity index (χ4n) is 1.03. The summed E-state index contributed by atoms with van der Waals surface area (Å²) < 4.78 is 9.65. The molecule has 18 heavy (non-hydrogen) atoms. The molecule has 0 aliphatic rings. The van der Waals surface area contributed by atoms with Crippen LogP contribution in [0.1, 0.15) is 26.2 Å². The third-order valence-electron chi connectivity index (χ3n) is 1.82. The van der Waals surface area contributed by atoms with Crippen LogP contribution >= 0.6 is 0 Å². The van der Waals surface area contributed by atoms with Crippen LogP contribution in [0.3, 0.4) is 0 Å². The Balaban J connectivity index is 3.47. The van der Waals surface area contributed by atoms with Gasteiger partial charge in [-0.2, -0.15) is 0 Å². The molecule has 3 heteroatoms. The summed E-state index contributed by atoms with van der Waals surface area (Å²) in [6, 6.07) is 0. The van der Waals surface area contributed by atoms with E-state index in [0.717, 1.165) is 19.3 Å². The Morgan fingerprint density at radius 2 is 2.17 bits per heavy atom. The molecule has 0 rings (SSSR count). The first kappa shape index (κ1) is 15.9. The van der Waals surface area contributed by atoms with Crippen LogP contribution in [0.5, 0.6) is 0 Å². The van der Waals surface area contributed by atoms with Crippen molar-refractivity contribution in [2.75, 3.05) is 13.2 Å². The molecule has 0 heterocycles. The topological polar surface area (TPSA) is 35.5 Å². The highest BCUT2D eigenvalue weighted by Crippen LogP contribution is 1.97. The Hall–Kier alpha value is -2.13. The number of carbonyl (C=O) groups is 1. The Labute approximate surface area is 109 Å². The van der Waals surface area contributed by atoms with Crippen LogP contribution < -0.4 is 0 Å². The molecule has 0 fully saturated rings. The zero-order valence-corrected chi connectivity index (χ0v) is 10.6. The van der Waals surface area contributed by atoms with E-state index in [2.05, 4.69) is 22.7 Å². The molecule has 0 aromatic carbocycles. The third-order valence-corrected chi connectivity index (χ3v) is 1.82. The van der Waals surface area contributed by atoms with E-state index in [9.17, 15) is 4.79 Å². The summed E-state index contributed by atoms with van der Waals surface area (Å²) in [5.41, 5.74) is 0. The van der Waals surface area contributed by atoms with Gasteiger partial charge in [0.05, 0.1) is 0 Å². The summed E-state index contributed by atoms with van der Waals surface area (Å²) in [6.07, 6.45) is 17.2. The molecule has 0 amide bonds. The summed E-state index contributed by atoms with van der Waals surface area (Å²) in [4.78, 5) is 11.0. The maximum absolute atomic E-state index is 11.0. The number of hydrogen-bond donors (Lipinski definition) is 0. The van der Waals surface area contributed by atoms with Crippen molar-refractivity contribution in [3.63, 3.8) is 0 Å². The second-order valence-corrected chi connectivity index (χ2v) is 3.30. The molecule has 0 unspecified atom stereocenters. The van der Waals surface area contributed by atoms with E-state index in [0.29, 0.717) is 6.61 Å². The fourth-order valence-corrected chi connectivity index (χ4v) is 1.03. The maximum Gasteiger partial charge on any atom is 0.331 e. The smallest absolute Gasteiger partial charge is 0.331 e. The first-order valence-corrected chi connectivity index (χ1v) is 5.78. The normalized spacial score (nSPS) is 9.78. The van der Waals surface area contributed by atoms with Crippen LogP contribution in [0.4, 0.5) is 0 Å². The van der Waals surface area contributed by atoms with E-state index in [1.54, 1.807) is 13.0 Å². The molecule has 0 saturated carbocycles. The van der Waals surface area contributed by atoms with Crippen LogP contribution in [0, 0.1) is 24.4 Å². The first-order chi connectivity index (χ1) is 8.81. The molecule has 0 N–H and O–H groups in total. The van der Waals surface area contributed by atoms with Gasteiger partial charge in [-0.3, -0.25) is 0 Å². The van der Waals surface area contributed by atoms with Gasteiger partial charge in [0, 0.05) is 13.0 Å². The first-order valence-electron chi connectivity index (χ1n) is 5.78. The predicted octanol–water partition coefficient (Wildman–Crippen LogP) is 2.44. The van der Waals surface area contributed by atoms with E-state index >= 15 is 0 Å². The average Bonchev–Trinajstić information content (AvgIpc) is 2.38. The van der Waals surface area contributed by atoms with E-state index < -0.39 is 5.97 Å². The SMILES string of the molecule is C#CCOC(=O)C=CC=CCCCCOC#CC. The van der Waals surface area contributed by atoms with Gasteiger partial charge in [0.15, 0.2) is 6.61 Å². The van der Waals surface area contributed by atoms with Gasteiger partial charge in [0.25, 0.3) is 0 Å². The van der Waals surface area contributed by atoms with E-state index in [4.69, 9.17) is 11.2 Å². The average molecular weight is 246 g/mol. The Morgan fingerprint density at radius 3 is 2.89 bits per heavy atom. The predicted molar refractivity (Wildman–Crippen MR) is 71.3 cm³/mol. The quantitative estimate of drug-likeness (QED) is 0.217. The van der Waals surface area contributed by atoms with Crippen molar-refractivity contribution in [2.45, 2.75) is 26.2 Å². The number of esters is 1. The molecule has 0 atom stereocenters. The van der Waals surface area contributed by atoms with E-state index in [-0.39, 0.29) is 6.61 Å². The van der Waals surface area contributed by atoms with E-state index in [1.807, 2.05) is 12.2 Å². The number of unbranched alkanes of at least 4 members (excludes halogenated alkanes) is 2. The van der Waals surface area contributed by atoms with Gasteiger partial charge in [-0.15, -0.1) is 6.42 Å². The summed E-state index contributed by atoms with van der Waals surface area (Å²) in [7, 11) is 0. The molecule has 0 aromatic rings. The summed E-state index contributed by atoms with van der Waals surface area (Å²) in [5.74, 6) is 4.45. The molecular formula is C15H18O3. The second kappa shape index (κ2) is 12.9. The Morgan fingerprint density at radius 1 is 1.33 bits per heavy atom. The minimum Gasteiger partial charge on any atom is -0.449 e. The van der Waals surface area contributed by atoms with Gasteiger partial charge in [-0.1, -0.05) is 30.1 Å². The number of terminal acetylenes is 1. The van der Waals surface area contributed by atoms with Crippen molar-refractivity contribution in [3.8, 4) is 24.4 Å². The molecule has 0 aromatic heterocycles. The molecule has 0 bridgehead atoms.